The van der Waals surface area contributed by atoms with Crippen LogP contribution in [0.15, 0.2) is 5.38 Å². The van der Waals surface area contributed by atoms with Crippen molar-refractivity contribution < 1.29 is 4.74 Å². The van der Waals surface area contributed by atoms with Crippen LogP contribution in [0.25, 0.3) is 0 Å². The number of nitrogens with one attached hydrogen (secondary N) is 1. The molecule has 4 nitrogen and oxygen atoms in total. The summed E-state index contributed by atoms with van der Waals surface area (Å²) in [5.41, 5.74) is 1.16. The van der Waals surface area contributed by atoms with Gasteiger partial charge in [0.2, 0.25) is 0 Å². The summed E-state index contributed by atoms with van der Waals surface area (Å²) in [4.78, 5) is 7.07. The zero-order chi connectivity index (χ0) is 12.8. The van der Waals surface area contributed by atoms with Gasteiger partial charge in [0.05, 0.1) is 11.8 Å². The standard InChI is InChI=1S/C13H23N3OS/c1-3-14-9-11-10-18-13(15-11)16-7-5-12(6-8-16)17-4-2/h10,12,14H,3-9H2,1-2H3. The molecular weight excluding hydrogens is 246 g/mol. The van der Waals surface area contributed by atoms with Crippen LogP contribution in [-0.4, -0.2) is 37.3 Å². The largest absolute Gasteiger partial charge is 0.378 e. The second kappa shape index (κ2) is 7.07. The fourth-order valence-corrected chi connectivity index (χ4v) is 3.10. The maximum Gasteiger partial charge on any atom is 0.185 e. The Morgan fingerprint density at radius 1 is 1.44 bits per heavy atom. The van der Waals surface area contributed by atoms with Crippen LogP contribution in [-0.2, 0) is 11.3 Å². The predicted octanol–water partition coefficient (Wildman–Crippen LogP) is 2.26. The molecule has 18 heavy (non-hydrogen) atoms. The van der Waals surface area contributed by atoms with Gasteiger partial charge >= 0.3 is 0 Å². The second-order valence-corrected chi connectivity index (χ2v) is 5.38. The number of ether oxygens (including phenoxy) is 1. The summed E-state index contributed by atoms with van der Waals surface area (Å²) < 4.78 is 5.67. The van der Waals surface area contributed by atoms with Gasteiger partial charge in [-0.05, 0) is 26.3 Å². The molecule has 0 amide bonds. The first-order valence-corrected chi connectivity index (χ1v) is 7.73. The first kappa shape index (κ1) is 13.8. The summed E-state index contributed by atoms with van der Waals surface area (Å²) in [6.45, 7) is 9.02. The van der Waals surface area contributed by atoms with E-state index in [1.165, 1.54) is 0 Å². The number of hydrogen-bond acceptors (Lipinski definition) is 5. The number of rotatable bonds is 6. The van der Waals surface area contributed by atoms with Gasteiger partial charge in [-0.25, -0.2) is 4.98 Å². The third-order valence-corrected chi connectivity index (χ3v) is 4.16. The van der Waals surface area contributed by atoms with Crippen molar-refractivity contribution in [2.75, 3.05) is 31.1 Å². The van der Waals surface area contributed by atoms with Crippen molar-refractivity contribution in [1.29, 1.82) is 0 Å². The summed E-state index contributed by atoms with van der Waals surface area (Å²) in [5.74, 6) is 0. The van der Waals surface area contributed by atoms with E-state index in [9.17, 15) is 0 Å². The van der Waals surface area contributed by atoms with Gasteiger partial charge in [0.25, 0.3) is 0 Å². The van der Waals surface area contributed by atoms with Crippen LogP contribution in [0.5, 0.6) is 0 Å². The first-order chi connectivity index (χ1) is 8.83. The van der Waals surface area contributed by atoms with Crippen molar-refractivity contribution in [2.24, 2.45) is 0 Å². The van der Waals surface area contributed by atoms with E-state index in [2.05, 4.69) is 34.4 Å². The Morgan fingerprint density at radius 2 is 2.22 bits per heavy atom. The lowest BCUT2D eigenvalue weighted by atomic mass is 10.1. The quantitative estimate of drug-likeness (QED) is 0.859. The third-order valence-electron chi connectivity index (χ3n) is 3.21. The molecule has 1 aliphatic rings. The van der Waals surface area contributed by atoms with Crippen LogP contribution in [0.1, 0.15) is 32.4 Å². The number of aromatic nitrogens is 1. The van der Waals surface area contributed by atoms with Crippen molar-refractivity contribution in [3.05, 3.63) is 11.1 Å². The molecule has 0 aromatic carbocycles. The lowest BCUT2D eigenvalue weighted by molar-refractivity contribution is 0.0459. The van der Waals surface area contributed by atoms with E-state index in [4.69, 9.17) is 4.74 Å². The molecule has 0 atom stereocenters. The highest BCUT2D eigenvalue weighted by atomic mass is 32.1. The van der Waals surface area contributed by atoms with Crippen LogP contribution in [0.4, 0.5) is 5.13 Å². The number of nitrogens with zero attached hydrogens (tertiary/aromatic N) is 2. The topological polar surface area (TPSA) is 37.4 Å². The molecule has 1 fully saturated rings. The first-order valence-electron chi connectivity index (χ1n) is 6.85. The molecule has 2 heterocycles. The van der Waals surface area contributed by atoms with Gasteiger partial charge in [-0.3, -0.25) is 0 Å². The van der Waals surface area contributed by atoms with E-state index in [0.717, 1.165) is 56.5 Å². The molecule has 1 saturated heterocycles. The Bertz CT molecular complexity index is 348. The molecule has 1 aromatic rings. The molecule has 2 rings (SSSR count). The number of hydrogen-bond donors (Lipinski definition) is 1. The molecule has 0 bridgehead atoms. The molecule has 1 aliphatic heterocycles. The maximum absolute atomic E-state index is 5.67. The smallest absolute Gasteiger partial charge is 0.185 e. The Hall–Kier alpha value is -0.650. The fourth-order valence-electron chi connectivity index (χ4n) is 2.23. The summed E-state index contributed by atoms with van der Waals surface area (Å²) in [6, 6.07) is 0. The lowest BCUT2D eigenvalue weighted by Crippen LogP contribution is -2.37. The molecule has 5 heteroatoms. The zero-order valence-electron chi connectivity index (χ0n) is 11.3. The summed E-state index contributed by atoms with van der Waals surface area (Å²) >= 11 is 1.76. The van der Waals surface area contributed by atoms with Gasteiger partial charge in [-0.1, -0.05) is 6.92 Å². The molecule has 1 aromatic heterocycles. The lowest BCUT2D eigenvalue weighted by Gasteiger charge is -2.31. The summed E-state index contributed by atoms with van der Waals surface area (Å²) in [7, 11) is 0. The van der Waals surface area contributed by atoms with Crippen molar-refractivity contribution >= 4 is 16.5 Å². The minimum atomic E-state index is 0.451. The Balaban J connectivity index is 1.83. The van der Waals surface area contributed by atoms with E-state index >= 15 is 0 Å². The van der Waals surface area contributed by atoms with Crippen LogP contribution < -0.4 is 10.2 Å². The van der Waals surface area contributed by atoms with Crippen molar-refractivity contribution in [2.45, 2.75) is 39.3 Å². The van der Waals surface area contributed by atoms with Gasteiger partial charge in [0.1, 0.15) is 0 Å². The average Bonchev–Trinajstić information content (AvgIpc) is 2.86. The molecule has 1 N–H and O–H groups in total. The van der Waals surface area contributed by atoms with Crippen molar-refractivity contribution in [3.63, 3.8) is 0 Å². The van der Waals surface area contributed by atoms with Gasteiger partial charge in [-0.2, -0.15) is 0 Å². The average molecular weight is 269 g/mol. The third kappa shape index (κ3) is 3.67. The summed E-state index contributed by atoms with van der Waals surface area (Å²) in [6.07, 6.45) is 2.69. The van der Waals surface area contributed by atoms with Gasteiger partial charge < -0.3 is 15.0 Å². The zero-order valence-corrected chi connectivity index (χ0v) is 12.1. The fraction of sp³-hybridized carbons (Fsp3) is 0.769. The number of piperidine rings is 1. The molecular formula is C13H23N3OS. The van der Waals surface area contributed by atoms with Crippen LogP contribution in [0.3, 0.4) is 0 Å². The molecule has 0 aliphatic carbocycles. The monoisotopic (exact) mass is 269 g/mol. The van der Waals surface area contributed by atoms with Gasteiger partial charge in [0, 0.05) is 31.6 Å². The van der Waals surface area contributed by atoms with Crippen LogP contribution in [0, 0.1) is 0 Å². The predicted molar refractivity (Wildman–Crippen MR) is 76.4 cm³/mol. The van der Waals surface area contributed by atoms with Crippen LogP contribution in [0.2, 0.25) is 0 Å². The van der Waals surface area contributed by atoms with Crippen LogP contribution >= 0.6 is 11.3 Å². The van der Waals surface area contributed by atoms with Gasteiger partial charge in [-0.15, -0.1) is 11.3 Å². The SMILES string of the molecule is CCNCc1csc(N2CCC(OCC)CC2)n1. The van der Waals surface area contributed by atoms with E-state index in [-0.39, 0.29) is 0 Å². The highest BCUT2D eigenvalue weighted by Gasteiger charge is 2.21. The van der Waals surface area contributed by atoms with E-state index in [0.29, 0.717) is 6.10 Å². The Kier molecular flexibility index (Phi) is 5.41. The molecule has 0 spiro atoms. The molecule has 102 valence electrons. The minimum Gasteiger partial charge on any atom is -0.378 e. The van der Waals surface area contributed by atoms with Crippen molar-refractivity contribution in [3.8, 4) is 0 Å². The van der Waals surface area contributed by atoms with Crippen molar-refractivity contribution in [1.82, 2.24) is 10.3 Å². The normalized spacial score (nSPS) is 17.3. The van der Waals surface area contributed by atoms with E-state index in [1.807, 2.05) is 0 Å². The molecule has 0 saturated carbocycles. The highest BCUT2D eigenvalue weighted by Crippen LogP contribution is 2.25. The number of thiazole rings is 1. The number of anilines is 1. The van der Waals surface area contributed by atoms with E-state index < -0.39 is 0 Å². The molecule has 0 radical (unpaired) electrons. The van der Waals surface area contributed by atoms with Gasteiger partial charge in [0.15, 0.2) is 5.13 Å². The maximum atomic E-state index is 5.67. The Labute approximate surface area is 113 Å². The second-order valence-electron chi connectivity index (χ2n) is 4.54. The Morgan fingerprint density at radius 3 is 2.89 bits per heavy atom. The highest BCUT2D eigenvalue weighted by molar-refractivity contribution is 7.13. The summed E-state index contributed by atoms with van der Waals surface area (Å²) in [5, 5.41) is 6.63. The van der Waals surface area contributed by atoms with E-state index in [1.54, 1.807) is 11.3 Å². The molecule has 0 unspecified atom stereocenters. The minimum absolute atomic E-state index is 0.451.